The first-order valence-electron chi connectivity index (χ1n) is 23.4. The average molecular weight is 936 g/mol. The lowest BCUT2D eigenvalue weighted by molar-refractivity contribution is -0.145. The van der Waals surface area contributed by atoms with E-state index in [0.717, 1.165) is 27.9 Å². The van der Waals surface area contributed by atoms with Gasteiger partial charge in [-0.3, -0.25) is 19.2 Å². The Morgan fingerprint density at radius 3 is 1.25 bits per heavy atom. The number of likely N-dealkylation sites (tertiary alicyclic amines) is 2. The Kier molecular flexibility index (Phi) is 16.0. The molecule has 15 nitrogen and oxygen atoms in total. The zero-order chi connectivity index (χ0) is 49.0. The lowest BCUT2D eigenvalue weighted by Gasteiger charge is -2.38. The van der Waals surface area contributed by atoms with E-state index in [1.54, 1.807) is 0 Å². The average Bonchev–Trinajstić information content (AvgIpc) is 4.05. The Bertz CT molecular complexity index is 2410. The van der Waals surface area contributed by atoms with Gasteiger partial charge in [0.15, 0.2) is 0 Å². The van der Waals surface area contributed by atoms with Crippen molar-refractivity contribution in [1.29, 1.82) is 0 Å². The number of ether oxygens (including phenoxy) is 2. The number of para-hydroxylation sites is 1. The van der Waals surface area contributed by atoms with Crippen LogP contribution in [0.4, 0.5) is 15.3 Å². The largest absolute Gasteiger partial charge is 0.453 e. The Morgan fingerprint density at radius 1 is 0.536 bits per heavy atom. The molecule has 2 aliphatic heterocycles. The van der Waals surface area contributed by atoms with Crippen LogP contribution in [-0.2, 0) is 65.7 Å². The molecule has 6 amide bonds. The quantitative estimate of drug-likeness (QED) is 0.0741. The first-order valence-corrected chi connectivity index (χ1v) is 23.4. The molecule has 0 aromatic heterocycles. The van der Waals surface area contributed by atoms with Crippen LogP contribution < -0.4 is 27.0 Å². The van der Waals surface area contributed by atoms with Gasteiger partial charge in [-0.05, 0) is 96.9 Å². The number of carbonyl (C=O) groups is 6. The molecular formula is C54H61N7O8. The molecule has 2 heterocycles. The third-order valence-electron chi connectivity index (χ3n) is 13.5. The number of methoxy groups -OCH3 is 2. The molecule has 7 rings (SSSR count). The minimum Gasteiger partial charge on any atom is -0.453 e. The number of hydrogen-bond acceptors (Lipinski definition) is 9. The zero-order valence-electron chi connectivity index (χ0n) is 39.2. The maximum atomic E-state index is 14.4. The van der Waals surface area contributed by atoms with Crippen molar-refractivity contribution in [3.8, 4) is 0 Å². The molecule has 0 bridgehead atoms. The molecule has 2 saturated heterocycles. The fraction of sp³-hybridized carbons (Fsp3) is 0.333. The van der Waals surface area contributed by atoms with Gasteiger partial charge in [-0.1, -0.05) is 127 Å². The van der Waals surface area contributed by atoms with Crippen molar-refractivity contribution in [3.05, 3.63) is 173 Å². The van der Waals surface area contributed by atoms with E-state index in [1.807, 2.05) is 140 Å². The van der Waals surface area contributed by atoms with E-state index in [0.29, 0.717) is 62.7 Å². The van der Waals surface area contributed by atoms with Gasteiger partial charge in [0.05, 0.1) is 14.2 Å². The van der Waals surface area contributed by atoms with Crippen molar-refractivity contribution in [3.63, 3.8) is 0 Å². The van der Waals surface area contributed by atoms with Gasteiger partial charge >= 0.3 is 12.2 Å². The lowest BCUT2D eigenvalue weighted by Crippen LogP contribution is -2.58. The smallest absolute Gasteiger partial charge is 0.407 e. The van der Waals surface area contributed by atoms with Crippen LogP contribution in [0.25, 0.3) is 0 Å². The summed E-state index contributed by atoms with van der Waals surface area (Å²) < 4.78 is 9.74. The number of aryl methyl sites for hydroxylation is 2. The molecule has 6 N–H and O–H groups in total. The zero-order valence-corrected chi connectivity index (χ0v) is 39.2. The number of amides is 6. The molecule has 2 fully saturated rings. The molecule has 0 saturated carbocycles. The number of nitrogens with zero attached hydrogens (tertiary/aromatic N) is 3. The fourth-order valence-electron chi connectivity index (χ4n) is 9.93. The van der Waals surface area contributed by atoms with Crippen LogP contribution in [0.3, 0.4) is 0 Å². The number of anilines is 1. The summed E-state index contributed by atoms with van der Waals surface area (Å²) in [6.07, 6.45) is 1.84. The molecular weight excluding hydrogens is 875 g/mol. The van der Waals surface area contributed by atoms with E-state index in [1.165, 1.54) is 24.0 Å². The van der Waals surface area contributed by atoms with Crippen molar-refractivity contribution in [1.82, 2.24) is 20.4 Å². The molecule has 0 unspecified atom stereocenters. The molecule has 4 atom stereocenters. The Hall–Kier alpha value is -7.68. The Balaban J connectivity index is 1.10. The summed E-state index contributed by atoms with van der Waals surface area (Å²) in [5.74, 6) is -2.13. The highest BCUT2D eigenvalue weighted by Gasteiger charge is 2.52. The van der Waals surface area contributed by atoms with Gasteiger partial charge in [0, 0.05) is 31.9 Å². The summed E-state index contributed by atoms with van der Waals surface area (Å²) in [6, 6.07) is 42.4. The Morgan fingerprint density at radius 2 is 0.899 bits per heavy atom. The highest BCUT2D eigenvalue weighted by Crippen LogP contribution is 2.41. The molecule has 0 aliphatic carbocycles. The van der Waals surface area contributed by atoms with Crippen molar-refractivity contribution >= 4 is 41.5 Å². The van der Waals surface area contributed by atoms with Crippen LogP contribution in [0, 0.1) is 0 Å². The second kappa shape index (κ2) is 22.4. The number of nitrogens with two attached hydrogens (primary N) is 2. The monoisotopic (exact) mass is 935 g/mol. The van der Waals surface area contributed by atoms with Crippen LogP contribution in [0.5, 0.6) is 0 Å². The van der Waals surface area contributed by atoms with Gasteiger partial charge in [-0.25, -0.2) is 9.59 Å². The summed E-state index contributed by atoms with van der Waals surface area (Å²) >= 11 is 0. The van der Waals surface area contributed by atoms with Crippen LogP contribution in [-0.4, -0.2) is 85.0 Å². The summed E-state index contributed by atoms with van der Waals surface area (Å²) in [7, 11) is 2.48. The molecule has 15 heteroatoms. The number of carbonyl (C=O) groups excluding carboxylic acids is 6. The Labute approximate surface area is 403 Å². The predicted molar refractivity (Wildman–Crippen MR) is 261 cm³/mol. The van der Waals surface area contributed by atoms with Gasteiger partial charge in [0.25, 0.3) is 0 Å². The molecule has 0 radical (unpaired) electrons. The molecule has 0 spiro atoms. The van der Waals surface area contributed by atoms with Crippen LogP contribution in [0.1, 0.15) is 71.9 Å². The number of alkyl carbamates (subject to hydrolysis) is 2. The minimum atomic E-state index is -1.43. The van der Waals surface area contributed by atoms with E-state index in [-0.39, 0.29) is 25.9 Å². The normalized spacial score (nSPS) is 18.4. The highest BCUT2D eigenvalue weighted by molar-refractivity contribution is 5.96. The molecule has 2 aliphatic rings. The summed E-state index contributed by atoms with van der Waals surface area (Å²) in [6.45, 7) is 1.50. The van der Waals surface area contributed by atoms with E-state index in [2.05, 4.69) is 15.5 Å². The van der Waals surface area contributed by atoms with E-state index in [9.17, 15) is 28.8 Å². The number of hydrogen-bond donors (Lipinski definition) is 4. The van der Waals surface area contributed by atoms with Crippen LogP contribution in [0.2, 0.25) is 0 Å². The van der Waals surface area contributed by atoms with Crippen molar-refractivity contribution in [2.75, 3.05) is 32.2 Å². The van der Waals surface area contributed by atoms with Crippen molar-refractivity contribution in [2.24, 2.45) is 11.5 Å². The maximum Gasteiger partial charge on any atom is 0.407 e. The molecule has 5 aromatic rings. The molecule has 5 aromatic carbocycles. The third kappa shape index (κ3) is 11.0. The molecule has 360 valence electrons. The second-order valence-corrected chi connectivity index (χ2v) is 17.6. The number of benzene rings is 5. The topological polar surface area (TPSA) is 207 Å². The maximum absolute atomic E-state index is 14.4. The summed E-state index contributed by atoms with van der Waals surface area (Å²) in [4.78, 5) is 86.1. The number of rotatable bonds is 19. The van der Waals surface area contributed by atoms with Crippen LogP contribution >= 0.6 is 0 Å². The summed E-state index contributed by atoms with van der Waals surface area (Å²) in [5.41, 5.74) is 15.5. The fourth-order valence-corrected chi connectivity index (χ4v) is 9.93. The third-order valence-corrected chi connectivity index (χ3v) is 13.5. The highest BCUT2D eigenvalue weighted by atomic mass is 16.5. The minimum absolute atomic E-state index is 0.283. The summed E-state index contributed by atoms with van der Waals surface area (Å²) in [5, 5.41) is 5.39. The number of primary amides is 2. The van der Waals surface area contributed by atoms with Gasteiger partial charge in [0.1, 0.15) is 23.2 Å². The van der Waals surface area contributed by atoms with E-state index >= 15 is 0 Å². The van der Waals surface area contributed by atoms with Crippen molar-refractivity contribution < 1.29 is 38.2 Å². The van der Waals surface area contributed by atoms with Crippen molar-refractivity contribution in [2.45, 2.75) is 87.6 Å². The molecule has 69 heavy (non-hydrogen) atoms. The standard InChI is InChI=1S/C54H61N7O8/c1-68-51(66)57-45(30-24-38-14-6-3-7-15-38)47(62)60-34-12-32-53(60,49(55)64)42-26-20-40(21-27-42)36-59(44-18-10-5-11-19-44)37-41-22-28-43(29-23-41)54(50(56)65)33-13-35-61(54)48(63)46(58-52(67)69-2)31-25-39-16-8-4-9-17-39/h3-11,14-23,26-29,45-46H,12-13,24-25,30-37H2,1-2H3,(H2,55,64)(H2,56,65)(H,57,66)(H,58,67)/t45-,46-,53-,54-/m0/s1. The van der Waals surface area contributed by atoms with Crippen LogP contribution in [0.15, 0.2) is 140 Å². The first-order chi connectivity index (χ1) is 33.4. The van der Waals surface area contributed by atoms with Gasteiger partial charge in [0.2, 0.25) is 23.6 Å². The first kappa shape index (κ1) is 49.2. The van der Waals surface area contributed by atoms with E-state index in [4.69, 9.17) is 20.9 Å². The number of nitrogens with one attached hydrogen (secondary N) is 2. The van der Waals surface area contributed by atoms with Gasteiger partial charge < -0.3 is 46.3 Å². The van der Waals surface area contributed by atoms with E-state index < -0.39 is 59.0 Å². The van der Waals surface area contributed by atoms with Gasteiger partial charge in [-0.2, -0.15) is 0 Å². The second-order valence-electron chi connectivity index (χ2n) is 17.6. The predicted octanol–water partition coefficient (Wildman–Crippen LogP) is 6.21. The van der Waals surface area contributed by atoms with Gasteiger partial charge in [-0.15, -0.1) is 0 Å². The lowest BCUT2D eigenvalue weighted by atomic mass is 9.85. The SMILES string of the molecule is COC(=O)N[C@@H](CCc1ccccc1)C(=O)N1CCC[C@@]1(C(N)=O)c1ccc(CN(Cc2ccc([C@]3(C(N)=O)CCCN3C(=O)[C@H](CCc3ccccc3)NC(=O)OC)cc2)c2ccccc2)cc1.